The lowest BCUT2D eigenvalue weighted by molar-refractivity contribution is -0.136. The number of carboxylic acid groups (broad SMARTS) is 1. The van der Waals surface area contributed by atoms with Crippen LogP contribution < -0.4 is 4.90 Å². The third-order valence-corrected chi connectivity index (χ3v) is 2.68. The number of aromatic nitrogens is 2. The number of aliphatic carboxylic acids is 1. The van der Waals surface area contributed by atoms with Gasteiger partial charge >= 0.3 is 5.97 Å². The van der Waals surface area contributed by atoms with E-state index in [4.69, 9.17) is 9.84 Å². The Labute approximate surface area is 99.2 Å². The molecule has 1 aliphatic heterocycles. The molecule has 0 aliphatic carbocycles. The van der Waals surface area contributed by atoms with Crippen LogP contribution in [0.15, 0.2) is 6.20 Å². The summed E-state index contributed by atoms with van der Waals surface area (Å²) in [7, 11) is 1.80. The van der Waals surface area contributed by atoms with Crippen LogP contribution in [0, 0.1) is 0 Å². The minimum Gasteiger partial charge on any atom is -0.481 e. The summed E-state index contributed by atoms with van der Waals surface area (Å²) in [5.41, 5.74) is 2.02. The van der Waals surface area contributed by atoms with Gasteiger partial charge in [0.2, 0.25) is 5.95 Å². The molecule has 2 heterocycles. The van der Waals surface area contributed by atoms with Crippen molar-refractivity contribution < 1.29 is 14.6 Å². The van der Waals surface area contributed by atoms with E-state index >= 15 is 0 Å². The molecule has 0 spiro atoms. The summed E-state index contributed by atoms with van der Waals surface area (Å²) in [5.74, 6) is -0.241. The summed E-state index contributed by atoms with van der Waals surface area (Å²) in [6.07, 6.45) is 2.63. The number of hydrogen-bond donors (Lipinski definition) is 1. The molecule has 0 fully saturated rings. The molecule has 0 saturated carbocycles. The molecular formula is C11H15N3O3. The summed E-state index contributed by atoms with van der Waals surface area (Å²) in [4.78, 5) is 20.9. The molecule has 6 heteroatoms. The summed E-state index contributed by atoms with van der Waals surface area (Å²) >= 11 is 0. The van der Waals surface area contributed by atoms with Gasteiger partial charge in [0.25, 0.3) is 0 Å². The van der Waals surface area contributed by atoms with E-state index < -0.39 is 5.97 Å². The van der Waals surface area contributed by atoms with Crippen LogP contribution in [0.5, 0.6) is 0 Å². The average Bonchev–Trinajstić information content (AvgIpc) is 2.35. The predicted octanol–water partition coefficient (Wildman–Crippen LogP) is 0.460. The van der Waals surface area contributed by atoms with Gasteiger partial charge in [-0.15, -0.1) is 0 Å². The third kappa shape index (κ3) is 2.91. The van der Waals surface area contributed by atoms with E-state index in [0.29, 0.717) is 25.7 Å². The Balaban J connectivity index is 2.08. The lowest BCUT2D eigenvalue weighted by atomic mass is 10.1. The fourth-order valence-corrected chi connectivity index (χ4v) is 1.67. The second-order valence-electron chi connectivity index (χ2n) is 4.01. The van der Waals surface area contributed by atoms with Gasteiger partial charge in [-0.2, -0.15) is 0 Å². The molecule has 2 rings (SSSR count). The molecule has 6 nitrogen and oxygen atoms in total. The van der Waals surface area contributed by atoms with Crippen LogP contribution in [0.1, 0.15) is 17.7 Å². The van der Waals surface area contributed by atoms with E-state index in [1.165, 1.54) is 0 Å². The topological polar surface area (TPSA) is 75.6 Å². The zero-order valence-electron chi connectivity index (χ0n) is 9.72. The molecular weight excluding hydrogens is 222 g/mol. The van der Waals surface area contributed by atoms with Gasteiger partial charge in [0, 0.05) is 31.8 Å². The summed E-state index contributed by atoms with van der Waals surface area (Å²) in [5, 5.41) is 8.62. The van der Waals surface area contributed by atoms with E-state index in [0.717, 1.165) is 17.7 Å². The molecule has 0 aromatic carbocycles. The molecule has 0 amide bonds. The minimum absolute atomic E-state index is 0.0834. The van der Waals surface area contributed by atoms with Gasteiger partial charge < -0.3 is 14.7 Å². The Kier molecular flexibility index (Phi) is 3.53. The highest BCUT2D eigenvalue weighted by Gasteiger charge is 2.14. The first-order valence-electron chi connectivity index (χ1n) is 5.52. The second-order valence-corrected chi connectivity index (χ2v) is 4.01. The number of hydrogen-bond acceptors (Lipinski definition) is 5. The van der Waals surface area contributed by atoms with E-state index in [1.807, 2.05) is 0 Å². The summed E-state index contributed by atoms with van der Waals surface area (Å²) < 4.78 is 5.30. The van der Waals surface area contributed by atoms with Crippen LogP contribution >= 0.6 is 0 Å². The molecule has 1 N–H and O–H groups in total. The predicted molar refractivity (Wildman–Crippen MR) is 60.9 cm³/mol. The van der Waals surface area contributed by atoms with Crippen LogP contribution in [-0.2, 0) is 22.6 Å². The Morgan fingerprint density at radius 2 is 2.47 bits per heavy atom. The largest absolute Gasteiger partial charge is 0.481 e. The fourth-order valence-electron chi connectivity index (χ4n) is 1.67. The number of rotatable bonds is 4. The normalized spacial score (nSPS) is 14.2. The molecule has 0 atom stereocenters. The van der Waals surface area contributed by atoms with E-state index in [-0.39, 0.29) is 6.42 Å². The van der Waals surface area contributed by atoms with E-state index in [1.54, 1.807) is 18.1 Å². The molecule has 17 heavy (non-hydrogen) atoms. The number of anilines is 1. The van der Waals surface area contributed by atoms with Crippen molar-refractivity contribution in [2.75, 3.05) is 25.1 Å². The molecule has 0 unspecified atom stereocenters. The first-order valence-corrected chi connectivity index (χ1v) is 5.52. The maximum Gasteiger partial charge on any atom is 0.305 e. The number of fused-ring (bicyclic) bond motifs is 1. The van der Waals surface area contributed by atoms with Crippen molar-refractivity contribution in [3.63, 3.8) is 0 Å². The summed E-state index contributed by atoms with van der Waals surface area (Å²) in [6, 6.07) is 0. The Hall–Kier alpha value is -1.69. The van der Waals surface area contributed by atoms with Crippen LogP contribution in [0.2, 0.25) is 0 Å². The van der Waals surface area contributed by atoms with Gasteiger partial charge in [-0.25, -0.2) is 9.97 Å². The molecule has 92 valence electrons. The zero-order chi connectivity index (χ0) is 12.3. The zero-order valence-corrected chi connectivity index (χ0v) is 9.72. The minimum atomic E-state index is -0.816. The number of carbonyl (C=O) groups is 1. The quantitative estimate of drug-likeness (QED) is 0.820. The van der Waals surface area contributed by atoms with Crippen molar-refractivity contribution in [3.8, 4) is 0 Å². The first kappa shape index (κ1) is 11.8. The van der Waals surface area contributed by atoms with Gasteiger partial charge in [0.05, 0.1) is 25.3 Å². The average molecular weight is 237 g/mol. The van der Waals surface area contributed by atoms with Crippen molar-refractivity contribution in [1.29, 1.82) is 0 Å². The van der Waals surface area contributed by atoms with Gasteiger partial charge in [0.1, 0.15) is 0 Å². The van der Waals surface area contributed by atoms with Gasteiger partial charge in [0.15, 0.2) is 0 Å². The molecule has 1 aliphatic rings. The van der Waals surface area contributed by atoms with E-state index in [9.17, 15) is 4.79 Å². The number of ether oxygens (including phenoxy) is 1. The molecule has 1 aromatic heterocycles. The van der Waals surface area contributed by atoms with Gasteiger partial charge in [-0.1, -0.05) is 0 Å². The highest BCUT2D eigenvalue weighted by molar-refractivity contribution is 5.67. The smallest absolute Gasteiger partial charge is 0.305 e. The van der Waals surface area contributed by atoms with Crippen molar-refractivity contribution in [1.82, 2.24) is 9.97 Å². The van der Waals surface area contributed by atoms with Crippen molar-refractivity contribution in [3.05, 3.63) is 17.5 Å². The lowest BCUT2D eigenvalue weighted by Crippen LogP contribution is -2.24. The molecule has 0 saturated heterocycles. The molecule has 0 bridgehead atoms. The molecule has 1 aromatic rings. The maximum absolute atomic E-state index is 10.5. The van der Waals surface area contributed by atoms with Crippen molar-refractivity contribution >= 4 is 11.9 Å². The van der Waals surface area contributed by atoms with Crippen LogP contribution in [0.4, 0.5) is 5.95 Å². The standard InChI is InChI=1S/C11H15N3O3/c1-14(4-2-10(15)16)11-12-6-8-7-17-5-3-9(8)13-11/h6H,2-5,7H2,1H3,(H,15,16). The van der Waals surface area contributed by atoms with Crippen molar-refractivity contribution in [2.24, 2.45) is 0 Å². The highest BCUT2D eigenvalue weighted by Crippen LogP contribution is 2.16. The van der Waals surface area contributed by atoms with E-state index in [2.05, 4.69) is 9.97 Å². The van der Waals surface area contributed by atoms with Gasteiger partial charge in [-0.05, 0) is 0 Å². The van der Waals surface area contributed by atoms with Crippen molar-refractivity contribution in [2.45, 2.75) is 19.4 Å². The maximum atomic E-state index is 10.5. The fraction of sp³-hybridized carbons (Fsp3) is 0.545. The van der Waals surface area contributed by atoms with Gasteiger partial charge in [-0.3, -0.25) is 4.79 Å². The van der Waals surface area contributed by atoms with Crippen LogP contribution in [-0.4, -0.2) is 41.2 Å². The lowest BCUT2D eigenvalue weighted by Gasteiger charge is -2.20. The summed E-state index contributed by atoms with van der Waals surface area (Å²) in [6.45, 7) is 1.65. The second kappa shape index (κ2) is 5.09. The third-order valence-electron chi connectivity index (χ3n) is 2.68. The highest BCUT2D eigenvalue weighted by atomic mass is 16.5. The Morgan fingerprint density at radius 3 is 3.24 bits per heavy atom. The number of nitrogens with zero attached hydrogens (tertiary/aromatic N) is 3. The number of carboxylic acids is 1. The molecule has 0 radical (unpaired) electrons. The Morgan fingerprint density at radius 1 is 1.65 bits per heavy atom. The monoisotopic (exact) mass is 237 g/mol. The Bertz CT molecular complexity index is 422. The SMILES string of the molecule is CN(CCC(=O)O)c1ncc2c(n1)CCOC2. The first-order chi connectivity index (χ1) is 8.16. The van der Waals surface area contributed by atoms with Crippen LogP contribution in [0.25, 0.3) is 0 Å². The van der Waals surface area contributed by atoms with Crippen LogP contribution in [0.3, 0.4) is 0 Å².